The van der Waals surface area contributed by atoms with Crippen molar-refractivity contribution in [1.82, 2.24) is 9.78 Å². The summed E-state index contributed by atoms with van der Waals surface area (Å²) >= 11 is 6.37. The first kappa shape index (κ1) is 17.1. The fourth-order valence-electron chi connectivity index (χ4n) is 2.88. The Balaban J connectivity index is 1.95. The number of rotatable bonds is 5. The van der Waals surface area contributed by atoms with E-state index in [0.29, 0.717) is 12.1 Å². The van der Waals surface area contributed by atoms with Crippen molar-refractivity contribution in [2.45, 2.75) is 13.5 Å². The number of hydrogen-bond acceptors (Lipinski definition) is 3. The Kier molecular flexibility index (Phi) is 5.06. The van der Waals surface area contributed by atoms with Gasteiger partial charge in [0.1, 0.15) is 0 Å². The molecule has 0 saturated heterocycles. The summed E-state index contributed by atoms with van der Waals surface area (Å²) in [4.78, 5) is 2.23. The van der Waals surface area contributed by atoms with Gasteiger partial charge >= 0.3 is 0 Å². The van der Waals surface area contributed by atoms with Crippen LogP contribution in [0.15, 0.2) is 54.7 Å². The molecule has 0 fully saturated rings. The van der Waals surface area contributed by atoms with E-state index in [9.17, 15) is 0 Å². The number of anilines is 1. The molecule has 0 aliphatic heterocycles. The van der Waals surface area contributed by atoms with Crippen LogP contribution in [0.3, 0.4) is 0 Å². The van der Waals surface area contributed by atoms with Crippen molar-refractivity contribution in [2.24, 2.45) is 7.05 Å². The first-order valence-corrected chi connectivity index (χ1v) is 8.52. The predicted octanol–water partition coefficient (Wildman–Crippen LogP) is 4.64. The van der Waals surface area contributed by atoms with Gasteiger partial charge in [0.15, 0.2) is 0 Å². The molecule has 0 aliphatic rings. The third-order valence-corrected chi connectivity index (χ3v) is 4.45. The smallest absolute Gasteiger partial charge is 0.0991 e. The zero-order chi connectivity index (χ0) is 17.8. The molecule has 4 nitrogen and oxygen atoms in total. The van der Waals surface area contributed by atoms with Crippen molar-refractivity contribution in [3.8, 4) is 17.3 Å². The molecule has 0 unspecified atom stereocenters. The largest absolute Gasteiger partial charge is 0.366 e. The molecule has 1 aromatic heterocycles. The average molecular weight is 351 g/mol. The first-order valence-electron chi connectivity index (χ1n) is 8.15. The van der Waals surface area contributed by atoms with E-state index in [1.807, 2.05) is 66.5 Å². The van der Waals surface area contributed by atoms with Crippen LogP contribution < -0.4 is 4.90 Å². The van der Waals surface area contributed by atoms with E-state index in [0.717, 1.165) is 34.1 Å². The molecule has 5 heteroatoms. The Morgan fingerprint density at radius 2 is 1.88 bits per heavy atom. The van der Waals surface area contributed by atoms with Gasteiger partial charge in [-0.15, -0.1) is 0 Å². The van der Waals surface area contributed by atoms with Gasteiger partial charge in [-0.25, -0.2) is 0 Å². The molecular formula is C20H19ClN4. The number of halogens is 1. The van der Waals surface area contributed by atoms with E-state index >= 15 is 0 Å². The zero-order valence-electron chi connectivity index (χ0n) is 14.3. The number of nitriles is 1. The highest BCUT2D eigenvalue weighted by atomic mass is 35.5. The minimum atomic E-state index is 0.646. The fraction of sp³-hybridized carbons (Fsp3) is 0.200. The molecule has 0 atom stereocenters. The monoisotopic (exact) mass is 350 g/mol. The Bertz CT molecular complexity index is 906. The van der Waals surface area contributed by atoms with Gasteiger partial charge in [0.2, 0.25) is 0 Å². The van der Waals surface area contributed by atoms with Gasteiger partial charge in [0.05, 0.1) is 28.0 Å². The maximum atomic E-state index is 8.97. The summed E-state index contributed by atoms with van der Waals surface area (Å²) in [6.07, 6.45) is 2.03. The second-order valence-corrected chi connectivity index (χ2v) is 6.24. The van der Waals surface area contributed by atoms with Crippen molar-refractivity contribution < 1.29 is 0 Å². The lowest BCUT2D eigenvalue weighted by atomic mass is 10.1. The van der Waals surface area contributed by atoms with Gasteiger partial charge in [0, 0.05) is 37.5 Å². The van der Waals surface area contributed by atoms with Gasteiger partial charge in [-0.1, -0.05) is 35.9 Å². The van der Waals surface area contributed by atoms with Crippen molar-refractivity contribution in [3.05, 3.63) is 70.9 Å². The second kappa shape index (κ2) is 7.42. The molecule has 1 heterocycles. The lowest BCUT2D eigenvalue weighted by Crippen LogP contribution is -2.22. The number of aromatic nitrogens is 2. The molecule has 0 N–H and O–H groups in total. The highest BCUT2D eigenvalue weighted by molar-refractivity contribution is 6.33. The Labute approximate surface area is 152 Å². The third kappa shape index (κ3) is 3.67. The first-order chi connectivity index (χ1) is 12.1. The summed E-state index contributed by atoms with van der Waals surface area (Å²) in [7, 11) is 1.92. The van der Waals surface area contributed by atoms with Crippen LogP contribution in [0.25, 0.3) is 11.3 Å². The van der Waals surface area contributed by atoms with Gasteiger partial charge in [-0.05, 0) is 31.2 Å². The van der Waals surface area contributed by atoms with Crippen molar-refractivity contribution >= 4 is 17.3 Å². The van der Waals surface area contributed by atoms with Crippen molar-refractivity contribution in [3.63, 3.8) is 0 Å². The van der Waals surface area contributed by atoms with Crippen LogP contribution in [-0.4, -0.2) is 16.3 Å². The molecule has 0 bridgehead atoms. The van der Waals surface area contributed by atoms with Crippen LogP contribution in [0.4, 0.5) is 5.69 Å². The van der Waals surface area contributed by atoms with E-state index in [2.05, 4.69) is 23.0 Å². The molecule has 0 aliphatic carbocycles. The van der Waals surface area contributed by atoms with Crippen LogP contribution in [0.1, 0.15) is 18.1 Å². The quantitative estimate of drug-likeness (QED) is 0.673. The lowest BCUT2D eigenvalue weighted by Gasteiger charge is -2.24. The predicted molar refractivity (Wildman–Crippen MR) is 102 cm³/mol. The topological polar surface area (TPSA) is 44.9 Å². The Morgan fingerprint density at radius 1 is 1.16 bits per heavy atom. The maximum Gasteiger partial charge on any atom is 0.0991 e. The summed E-state index contributed by atoms with van der Waals surface area (Å²) in [5, 5.41) is 14.3. The zero-order valence-corrected chi connectivity index (χ0v) is 15.0. The Hall–Kier alpha value is -2.77. The summed E-state index contributed by atoms with van der Waals surface area (Å²) < 4.78 is 1.82. The van der Waals surface area contributed by atoms with Gasteiger partial charge in [0.25, 0.3) is 0 Å². The summed E-state index contributed by atoms with van der Waals surface area (Å²) in [6.45, 7) is 3.66. The minimum Gasteiger partial charge on any atom is -0.366 e. The van der Waals surface area contributed by atoms with Crippen LogP contribution >= 0.6 is 11.6 Å². The number of benzene rings is 2. The van der Waals surface area contributed by atoms with E-state index in [-0.39, 0.29) is 0 Å². The van der Waals surface area contributed by atoms with Crippen molar-refractivity contribution in [1.29, 1.82) is 5.26 Å². The van der Waals surface area contributed by atoms with E-state index in [1.54, 1.807) is 0 Å². The SMILES string of the molecule is CCN(Cc1cn(C)nc1-c1ccc(C#N)cc1)c1ccccc1Cl. The third-order valence-electron chi connectivity index (χ3n) is 4.13. The highest BCUT2D eigenvalue weighted by Crippen LogP contribution is 2.29. The van der Waals surface area contributed by atoms with Crippen molar-refractivity contribution in [2.75, 3.05) is 11.4 Å². The van der Waals surface area contributed by atoms with Gasteiger partial charge in [-0.2, -0.15) is 10.4 Å². The van der Waals surface area contributed by atoms with Crippen LogP contribution in [0.5, 0.6) is 0 Å². The average Bonchev–Trinajstić information content (AvgIpc) is 3.01. The number of hydrogen-bond donors (Lipinski definition) is 0. The molecule has 0 saturated carbocycles. The molecule has 0 radical (unpaired) electrons. The van der Waals surface area contributed by atoms with E-state index in [1.165, 1.54) is 0 Å². The molecule has 25 heavy (non-hydrogen) atoms. The van der Waals surface area contributed by atoms with Gasteiger partial charge < -0.3 is 4.90 Å². The summed E-state index contributed by atoms with van der Waals surface area (Å²) in [5.74, 6) is 0. The standard InChI is InChI=1S/C20H19ClN4/c1-3-25(19-7-5-4-6-18(19)21)14-17-13-24(2)23-20(17)16-10-8-15(12-22)9-11-16/h4-11,13H,3,14H2,1-2H3. The molecule has 2 aromatic carbocycles. The van der Waals surface area contributed by atoms with E-state index in [4.69, 9.17) is 16.9 Å². The maximum absolute atomic E-state index is 8.97. The number of aryl methyl sites for hydroxylation is 1. The lowest BCUT2D eigenvalue weighted by molar-refractivity contribution is 0.767. The normalized spacial score (nSPS) is 10.5. The Morgan fingerprint density at radius 3 is 2.52 bits per heavy atom. The number of nitrogens with zero attached hydrogens (tertiary/aromatic N) is 4. The van der Waals surface area contributed by atoms with Crippen LogP contribution in [0, 0.1) is 11.3 Å². The summed E-state index contributed by atoms with van der Waals surface area (Å²) in [6, 6.07) is 17.5. The molecule has 0 amide bonds. The molecule has 3 rings (SSSR count). The summed E-state index contributed by atoms with van der Waals surface area (Å²) in [5.41, 5.74) is 4.71. The fourth-order valence-corrected chi connectivity index (χ4v) is 3.14. The van der Waals surface area contributed by atoms with Crippen LogP contribution in [0.2, 0.25) is 5.02 Å². The van der Waals surface area contributed by atoms with Crippen LogP contribution in [-0.2, 0) is 13.6 Å². The van der Waals surface area contributed by atoms with E-state index < -0.39 is 0 Å². The highest BCUT2D eigenvalue weighted by Gasteiger charge is 2.15. The molecular weight excluding hydrogens is 332 g/mol. The molecule has 3 aromatic rings. The minimum absolute atomic E-state index is 0.646. The number of para-hydroxylation sites is 1. The van der Waals surface area contributed by atoms with Gasteiger partial charge in [-0.3, -0.25) is 4.68 Å². The molecule has 126 valence electrons. The molecule has 0 spiro atoms. The second-order valence-electron chi connectivity index (χ2n) is 5.83.